The van der Waals surface area contributed by atoms with Crippen LogP contribution in [-0.2, 0) is 0 Å². The number of benzene rings is 2. The Hall–Kier alpha value is -1.13. The third-order valence-corrected chi connectivity index (χ3v) is 13.3. The van der Waals surface area contributed by atoms with Crippen LogP contribution in [-0.4, -0.2) is 11.3 Å². The van der Waals surface area contributed by atoms with E-state index in [4.69, 9.17) is 0 Å². The Morgan fingerprint density at radius 2 is 1.12 bits per heavy atom. The van der Waals surface area contributed by atoms with Crippen molar-refractivity contribution in [1.82, 2.24) is 0 Å². The molecule has 34 heavy (non-hydrogen) atoms. The predicted molar refractivity (Wildman–Crippen MR) is 157 cm³/mol. The van der Waals surface area contributed by atoms with E-state index in [2.05, 4.69) is 109 Å². The fourth-order valence-corrected chi connectivity index (χ4v) is 10.0. The van der Waals surface area contributed by atoms with Gasteiger partial charge in [-0.05, 0) is 124 Å². The average Bonchev–Trinajstić information content (AvgIpc) is 2.95. The average molecular weight is 479 g/mol. The van der Waals surface area contributed by atoms with E-state index in [0.29, 0.717) is 28.3 Å². The lowest BCUT2D eigenvalue weighted by Crippen LogP contribution is -2.35. The molecular weight excluding hydrogens is 427 g/mol. The molecule has 0 spiro atoms. The smallest absolute Gasteiger partial charge is 0.00593 e. The third-order valence-electron chi connectivity index (χ3n) is 9.60. The fourth-order valence-electron chi connectivity index (χ4n) is 5.91. The lowest BCUT2D eigenvalue weighted by Gasteiger charge is -2.41. The largest absolute Gasteiger partial charge is 0.0680 e. The molecule has 0 nitrogen and oxygen atoms in total. The maximum atomic E-state index is 2.56. The number of hydrogen-bond donors (Lipinski definition) is 0. The highest BCUT2D eigenvalue weighted by Gasteiger charge is 2.50. The van der Waals surface area contributed by atoms with Gasteiger partial charge in [-0.15, -0.1) is 0 Å². The van der Waals surface area contributed by atoms with Gasteiger partial charge in [-0.3, -0.25) is 0 Å². The molecule has 1 heteroatoms. The van der Waals surface area contributed by atoms with Gasteiger partial charge in [-0.1, -0.05) is 89.3 Å². The summed E-state index contributed by atoms with van der Waals surface area (Å²) in [5.74, 6) is 1.55. The second-order valence-corrected chi connectivity index (χ2v) is 16.0. The van der Waals surface area contributed by atoms with Crippen molar-refractivity contribution in [2.24, 2.45) is 5.41 Å². The van der Waals surface area contributed by atoms with Gasteiger partial charge in [-0.2, -0.15) is 0 Å². The molecule has 1 aliphatic rings. The summed E-state index contributed by atoms with van der Waals surface area (Å²) in [5, 5.41) is 2.04. The minimum absolute atomic E-state index is 0.265. The van der Waals surface area contributed by atoms with E-state index in [1.165, 1.54) is 34.8 Å². The van der Waals surface area contributed by atoms with E-state index in [1.54, 1.807) is 33.1 Å². The molecule has 1 saturated heterocycles. The summed E-state index contributed by atoms with van der Waals surface area (Å²) < 4.78 is 0. The summed E-state index contributed by atoms with van der Waals surface area (Å²) >= 11 is 0. The van der Waals surface area contributed by atoms with Crippen LogP contribution in [0.2, 0.25) is 0 Å². The molecule has 0 amide bonds. The van der Waals surface area contributed by atoms with Crippen LogP contribution >= 0.6 is 7.92 Å². The summed E-state index contributed by atoms with van der Waals surface area (Å²) in [6.45, 7) is 34.0. The molecule has 0 aromatic heterocycles. The van der Waals surface area contributed by atoms with Gasteiger partial charge in [0, 0.05) is 0 Å². The molecule has 0 aliphatic carbocycles. The highest BCUT2D eigenvalue weighted by molar-refractivity contribution is 7.68. The zero-order chi connectivity index (χ0) is 25.9. The molecule has 0 bridgehead atoms. The zero-order valence-corrected chi connectivity index (χ0v) is 25.6. The van der Waals surface area contributed by atoms with Crippen LogP contribution in [0.25, 0.3) is 11.1 Å². The molecule has 1 fully saturated rings. The number of rotatable bonds is 5. The molecular formula is C33H51P. The van der Waals surface area contributed by atoms with E-state index in [-0.39, 0.29) is 7.92 Å². The lowest BCUT2D eigenvalue weighted by molar-refractivity contribution is 0.291. The number of hydrogen-bond acceptors (Lipinski definition) is 0. The van der Waals surface area contributed by atoms with Crippen LogP contribution in [0.15, 0.2) is 12.1 Å². The van der Waals surface area contributed by atoms with E-state index in [9.17, 15) is 0 Å². The highest BCUT2D eigenvalue weighted by atomic mass is 31.1. The van der Waals surface area contributed by atoms with Gasteiger partial charge in [0.1, 0.15) is 0 Å². The van der Waals surface area contributed by atoms with Crippen LogP contribution in [0.1, 0.15) is 132 Å². The van der Waals surface area contributed by atoms with Crippen molar-refractivity contribution >= 4 is 13.2 Å². The Labute approximate surface area is 213 Å². The van der Waals surface area contributed by atoms with Crippen LogP contribution < -0.4 is 5.30 Å². The molecule has 0 N–H and O–H groups in total. The standard InChI is InChI=1S/C33H51P/c1-19(2)26-17-27(20(3)4)30(28(18-26)21(5)6)29-24(9)22(7)23(8)25(10)31(29)34-16-15-32(11,12)33(34,13)14/h17-21H,15-16H2,1-14H3. The van der Waals surface area contributed by atoms with Crippen molar-refractivity contribution < 1.29 is 0 Å². The SMILES string of the molecule is Cc1c(C)c(C)c(P2CCC(C)(C)C2(C)C)c(-c2c(C(C)C)cc(C(C)C)cc2C(C)C)c1C. The van der Waals surface area contributed by atoms with Crippen LogP contribution in [0.3, 0.4) is 0 Å². The first-order valence-electron chi connectivity index (χ1n) is 13.6. The minimum atomic E-state index is -0.265. The molecule has 2 aromatic carbocycles. The molecule has 0 radical (unpaired) electrons. The van der Waals surface area contributed by atoms with Crippen molar-refractivity contribution in [3.05, 3.63) is 51.1 Å². The Morgan fingerprint density at radius 1 is 0.647 bits per heavy atom. The third kappa shape index (κ3) is 4.32. The first-order valence-corrected chi connectivity index (χ1v) is 15.1. The van der Waals surface area contributed by atoms with Crippen LogP contribution in [0, 0.1) is 33.1 Å². The summed E-state index contributed by atoms with van der Waals surface area (Å²) in [5.41, 5.74) is 14.2. The van der Waals surface area contributed by atoms with E-state index >= 15 is 0 Å². The Kier molecular flexibility index (Phi) is 7.58. The topological polar surface area (TPSA) is 0 Å². The maximum absolute atomic E-state index is 2.56. The quantitative estimate of drug-likeness (QED) is 0.375. The highest BCUT2D eigenvalue weighted by Crippen LogP contribution is 2.66. The van der Waals surface area contributed by atoms with Gasteiger partial charge in [0.15, 0.2) is 0 Å². The van der Waals surface area contributed by atoms with Gasteiger partial charge >= 0.3 is 0 Å². The van der Waals surface area contributed by atoms with E-state index < -0.39 is 0 Å². The second-order valence-electron chi connectivity index (χ2n) is 13.1. The monoisotopic (exact) mass is 478 g/mol. The molecule has 1 aliphatic heterocycles. The van der Waals surface area contributed by atoms with Crippen LogP contribution in [0.4, 0.5) is 0 Å². The minimum Gasteiger partial charge on any atom is -0.0680 e. The van der Waals surface area contributed by atoms with Gasteiger partial charge < -0.3 is 0 Å². The van der Waals surface area contributed by atoms with Gasteiger partial charge in [-0.25, -0.2) is 0 Å². The zero-order valence-electron chi connectivity index (χ0n) is 24.7. The molecule has 2 aromatic rings. The maximum Gasteiger partial charge on any atom is -0.00593 e. The van der Waals surface area contributed by atoms with E-state index in [1.807, 2.05) is 0 Å². The van der Waals surface area contributed by atoms with Crippen molar-refractivity contribution in [3.63, 3.8) is 0 Å². The first kappa shape index (κ1) is 27.5. The van der Waals surface area contributed by atoms with Gasteiger partial charge in [0.25, 0.3) is 0 Å². The normalized spacial score (nSPS) is 19.6. The Bertz CT molecular complexity index is 1050. The van der Waals surface area contributed by atoms with Gasteiger partial charge in [0.05, 0.1) is 0 Å². The summed E-state index contributed by atoms with van der Waals surface area (Å²) in [4.78, 5) is 0. The van der Waals surface area contributed by atoms with Crippen molar-refractivity contribution in [3.8, 4) is 11.1 Å². The Morgan fingerprint density at radius 3 is 1.50 bits per heavy atom. The molecule has 3 rings (SSSR count). The van der Waals surface area contributed by atoms with Crippen molar-refractivity contribution in [1.29, 1.82) is 0 Å². The second kappa shape index (κ2) is 9.39. The van der Waals surface area contributed by atoms with Crippen molar-refractivity contribution in [2.45, 2.75) is 126 Å². The van der Waals surface area contributed by atoms with Gasteiger partial charge in [0.2, 0.25) is 0 Å². The predicted octanol–water partition coefficient (Wildman–Crippen LogP) is 10.3. The van der Waals surface area contributed by atoms with Crippen molar-refractivity contribution in [2.75, 3.05) is 6.16 Å². The van der Waals surface area contributed by atoms with Crippen LogP contribution in [0.5, 0.6) is 0 Å². The van der Waals surface area contributed by atoms with E-state index in [0.717, 1.165) is 0 Å². The lowest BCUT2D eigenvalue weighted by atomic mass is 9.78. The molecule has 1 atom stereocenters. The summed E-state index contributed by atoms with van der Waals surface area (Å²) in [6.07, 6.45) is 2.68. The summed E-state index contributed by atoms with van der Waals surface area (Å²) in [6, 6.07) is 5.09. The molecule has 1 heterocycles. The summed E-state index contributed by atoms with van der Waals surface area (Å²) in [7, 11) is -0.265. The Balaban J connectivity index is 2.54. The molecule has 1 unspecified atom stereocenters. The molecule has 0 saturated carbocycles. The fraction of sp³-hybridized carbons (Fsp3) is 0.636. The first-order chi connectivity index (χ1) is 15.5. The molecule has 188 valence electrons.